The molecule has 0 bridgehead atoms. The van der Waals surface area contributed by atoms with Crippen molar-refractivity contribution in [3.63, 3.8) is 0 Å². The van der Waals surface area contributed by atoms with Gasteiger partial charge in [0.15, 0.2) is 0 Å². The van der Waals surface area contributed by atoms with E-state index in [0.29, 0.717) is 6.04 Å². The Labute approximate surface area is 90.8 Å². The third-order valence-corrected chi connectivity index (χ3v) is 4.64. The highest BCUT2D eigenvalue weighted by molar-refractivity contribution is 7.99. The van der Waals surface area contributed by atoms with Crippen molar-refractivity contribution in [3.05, 3.63) is 0 Å². The van der Waals surface area contributed by atoms with E-state index in [4.69, 9.17) is 0 Å². The normalized spacial score (nSPS) is 34.9. The quantitative estimate of drug-likeness (QED) is 0.752. The van der Waals surface area contributed by atoms with Crippen molar-refractivity contribution in [2.24, 2.45) is 0 Å². The summed E-state index contributed by atoms with van der Waals surface area (Å²) in [7, 11) is 0. The zero-order chi connectivity index (χ0) is 9.86. The molecule has 1 saturated heterocycles. The number of thioether (sulfide) groups is 1. The van der Waals surface area contributed by atoms with E-state index in [9.17, 15) is 5.11 Å². The molecular weight excluding hydrogens is 194 g/mol. The average Bonchev–Trinajstić information content (AvgIpc) is 2.65. The Kier molecular flexibility index (Phi) is 3.74. The Morgan fingerprint density at radius 3 is 2.71 bits per heavy atom. The SMILES string of the molecule is OC1(CNC2CCCCC2)CCSC1. The molecule has 2 nitrogen and oxygen atoms in total. The summed E-state index contributed by atoms with van der Waals surface area (Å²) in [5.74, 6) is 2.05. The van der Waals surface area contributed by atoms with Gasteiger partial charge in [-0.1, -0.05) is 19.3 Å². The second-order valence-corrected chi connectivity index (χ2v) is 5.85. The van der Waals surface area contributed by atoms with Gasteiger partial charge in [0.1, 0.15) is 0 Å². The molecular formula is C11H21NOS. The predicted molar refractivity (Wildman–Crippen MR) is 61.8 cm³/mol. The molecule has 1 atom stereocenters. The van der Waals surface area contributed by atoms with E-state index in [0.717, 1.165) is 24.5 Å². The minimum Gasteiger partial charge on any atom is -0.388 e. The molecule has 3 heteroatoms. The number of hydrogen-bond donors (Lipinski definition) is 2. The summed E-state index contributed by atoms with van der Waals surface area (Å²) in [6, 6.07) is 0.679. The van der Waals surface area contributed by atoms with Crippen LogP contribution in [-0.4, -0.2) is 34.8 Å². The zero-order valence-electron chi connectivity index (χ0n) is 8.80. The van der Waals surface area contributed by atoms with Crippen molar-refractivity contribution in [2.45, 2.75) is 50.2 Å². The summed E-state index contributed by atoms with van der Waals surface area (Å²) in [6.07, 6.45) is 7.72. The van der Waals surface area contributed by atoms with E-state index >= 15 is 0 Å². The molecule has 0 aromatic heterocycles. The number of hydrogen-bond acceptors (Lipinski definition) is 3. The van der Waals surface area contributed by atoms with Crippen LogP contribution in [0.15, 0.2) is 0 Å². The Morgan fingerprint density at radius 1 is 1.29 bits per heavy atom. The lowest BCUT2D eigenvalue weighted by atomic mass is 9.94. The molecule has 2 fully saturated rings. The third-order valence-electron chi connectivity index (χ3n) is 3.41. The first-order chi connectivity index (χ1) is 6.79. The Morgan fingerprint density at radius 2 is 2.07 bits per heavy atom. The van der Waals surface area contributed by atoms with Crippen LogP contribution in [0, 0.1) is 0 Å². The van der Waals surface area contributed by atoms with Crippen LogP contribution < -0.4 is 5.32 Å². The van der Waals surface area contributed by atoms with Gasteiger partial charge < -0.3 is 10.4 Å². The molecule has 14 heavy (non-hydrogen) atoms. The fourth-order valence-electron chi connectivity index (χ4n) is 2.38. The first-order valence-electron chi connectivity index (χ1n) is 5.82. The molecule has 2 N–H and O–H groups in total. The maximum atomic E-state index is 10.1. The highest BCUT2D eigenvalue weighted by Crippen LogP contribution is 2.27. The third kappa shape index (κ3) is 2.88. The molecule has 2 aliphatic rings. The molecule has 0 radical (unpaired) electrons. The van der Waals surface area contributed by atoms with Gasteiger partial charge in [-0.2, -0.15) is 11.8 Å². The van der Waals surface area contributed by atoms with Crippen molar-refractivity contribution >= 4 is 11.8 Å². The van der Waals surface area contributed by atoms with E-state index in [1.165, 1.54) is 32.1 Å². The minimum absolute atomic E-state index is 0.401. The summed E-state index contributed by atoms with van der Waals surface area (Å²) >= 11 is 1.88. The molecule has 1 saturated carbocycles. The summed E-state index contributed by atoms with van der Waals surface area (Å²) in [5.41, 5.74) is -0.401. The predicted octanol–water partition coefficient (Wildman–Crippen LogP) is 1.78. The molecule has 0 spiro atoms. The monoisotopic (exact) mass is 215 g/mol. The molecule has 1 aliphatic heterocycles. The summed E-state index contributed by atoms with van der Waals surface area (Å²) in [6.45, 7) is 0.810. The van der Waals surface area contributed by atoms with Gasteiger partial charge in [-0.3, -0.25) is 0 Å². The van der Waals surface area contributed by atoms with Gasteiger partial charge in [0.2, 0.25) is 0 Å². The van der Waals surface area contributed by atoms with Gasteiger partial charge in [0.05, 0.1) is 5.60 Å². The fraction of sp³-hybridized carbons (Fsp3) is 1.00. The van der Waals surface area contributed by atoms with Gasteiger partial charge in [-0.25, -0.2) is 0 Å². The number of nitrogens with one attached hydrogen (secondary N) is 1. The molecule has 0 aromatic carbocycles. The molecule has 0 aromatic rings. The van der Waals surface area contributed by atoms with Crippen molar-refractivity contribution in [1.82, 2.24) is 5.32 Å². The second kappa shape index (κ2) is 4.86. The van der Waals surface area contributed by atoms with E-state index in [1.54, 1.807) is 0 Å². The van der Waals surface area contributed by atoms with Gasteiger partial charge in [-0.05, 0) is 25.0 Å². The van der Waals surface area contributed by atoms with Crippen LogP contribution in [-0.2, 0) is 0 Å². The zero-order valence-corrected chi connectivity index (χ0v) is 9.61. The van der Waals surface area contributed by atoms with Crippen LogP contribution in [0.3, 0.4) is 0 Å². The number of rotatable bonds is 3. The van der Waals surface area contributed by atoms with E-state index in [-0.39, 0.29) is 0 Å². The van der Waals surface area contributed by atoms with Crippen molar-refractivity contribution in [2.75, 3.05) is 18.1 Å². The summed E-state index contributed by atoms with van der Waals surface area (Å²) in [5, 5.41) is 13.7. The van der Waals surface area contributed by atoms with Crippen LogP contribution in [0.4, 0.5) is 0 Å². The minimum atomic E-state index is -0.401. The van der Waals surface area contributed by atoms with Crippen molar-refractivity contribution in [1.29, 1.82) is 0 Å². The van der Waals surface area contributed by atoms with Crippen LogP contribution in [0.25, 0.3) is 0 Å². The summed E-state index contributed by atoms with van der Waals surface area (Å²) in [4.78, 5) is 0. The topological polar surface area (TPSA) is 32.3 Å². The van der Waals surface area contributed by atoms with Gasteiger partial charge >= 0.3 is 0 Å². The average molecular weight is 215 g/mol. The lowest BCUT2D eigenvalue weighted by molar-refractivity contribution is 0.0629. The van der Waals surface area contributed by atoms with E-state index in [1.807, 2.05) is 11.8 Å². The molecule has 82 valence electrons. The largest absolute Gasteiger partial charge is 0.388 e. The van der Waals surface area contributed by atoms with Crippen molar-refractivity contribution < 1.29 is 5.11 Å². The summed E-state index contributed by atoms with van der Waals surface area (Å²) < 4.78 is 0. The van der Waals surface area contributed by atoms with Crippen LogP contribution in [0.2, 0.25) is 0 Å². The lowest BCUT2D eigenvalue weighted by Gasteiger charge is -2.28. The highest BCUT2D eigenvalue weighted by Gasteiger charge is 2.32. The fourth-order valence-corrected chi connectivity index (χ4v) is 3.67. The number of aliphatic hydroxyl groups is 1. The first-order valence-corrected chi connectivity index (χ1v) is 6.98. The molecule has 1 heterocycles. The molecule has 2 rings (SSSR count). The molecule has 1 aliphatic carbocycles. The first kappa shape index (κ1) is 10.8. The van der Waals surface area contributed by atoms with Gasteiger partial charge in [0, 0.05) is 18.3 Å². The second-order valence-electron chi connectivity index (χ2n) is 4.74. The lowest BCUT2D eigenvalue weighted by Crippen LogP contribution is -2.45. The van der Waals surface area contributed by atoms with Crippen LogP contribution in [0.5, 0.6) is 0 Å². The van der Waals surface area contributed by atoms with Crippen LogP contribution >= 0.6 is 11.8 Å². The van der Waals surface area contributed by atoms with Crippen molar-refractivity contribution in [3.8, 4) is 0 Å². The van der Waals surface area contributed by atoms with Crippen LogP contribution in [0.1, 0.15) is 38.5 Å². The van der Waals surface area contributed by atoms with Gasteiger partial charge in [0.25, 0.3) is 0 Å². The maximum absolute atomic E-state index is 10.1. The van der Waals surface area contributed by atoms with E-state index < -0.39 is 5.60 Å². The molecule has 1 unspecified atom stereocenters. The maximum Gasteiger partial charge on any atom is 0.0869 e. The smallest absolute Gasteiger partial charge is 0.0869 e. The van der Waals surface area contributed by atoms with Gasteiger partial charge in [-0.15, -0.1) is 0 Å². The Bertz CT molecular complexity index is 174. The highest BCUT2D eigenvalue weighted by atomic mass is 32.2. The Balaban J connectivity index is 1.70. The van der Waals surface area contributed by atoms with E-state index in [2.05, 4.69) is 5.32 Å². The standard InChI is InChI=1S/C11H21NOS/c13-11(6-7-14-9-11)8-12-10-4-2-1-3-5-10/h10,12-13H,1-9H2. The molecule has 0 amide bonds. The Hall–Kier alpha value is 0.270.